The number of benzene rings is 3. The van der Waals surface area contributed by atoms with Gasteiger partial charge in [0.05, 0.1) is 10.9 Å². The van der Waals surface area contributed by atoms with Crippen LogP contribution in [0.25, 0.3) is 16.3 Å². The van der Waals surface area contributed by atoms with E-state index in [1.165, 1.54) is 33.8 Å². The number of nitrogens with zero attached hydrogens (tertiary/aromatic N) is 2. The normalized spacial score (nSPS) is 19.1. The molecule has 3 unspecified atom stereocenters. The number of anilines is 1. The Morgan fingerprint density at radius 1 is 1.04 bits per heavy atom. The summed E-state index contributed by atoms with van der Waals surface area (Å²) in [5, 5.41) is 12.8. The lowest BCUT2D eigenvalue weighted by Gasteiger charge is -2.25. The van der Waals surface area contributed by atoms with E-state index in [9.17, 15) is 13.0 Å². The number of allylic oxidation sites excluding steroid dienone is 4. The average molecular weight is 736 g/mol. The molecule has 0 fully saturated rings. The molecule has 264 valence electrons. The molecule has 1 aliphatic heterocycles. The number of rotatable bonds is 13. The van der Waals surface area contributed by atoms with E-state index in [1.54, 1.807) is 11.3 Å². The predicted molar refractivity (Wildman–Crippen MR) is 201 cm³/mol. The minimum Gasteiger partial charge on any atom is -0.439 e. The van der Waals surface area contributed by atoms with Crippen LogP contribution in [0.5, 0.6) is 5.75 Å². The highest BCUT2D eigenvalue weighted by Gasteiger charge is 2.30. The molecule has 0 saturated carbocycles. The first-order chi connectivity index (χ1) is 24.0. The maximum atomic E-state index is 11.9. The van der Waals surface area contributed by atoms with Gasteiger partial charge in [-0.25, -0.2) is 5.26 Å². The summed E-state index contributed by atoms with van der Waals surface area (Å²) in [6, 6.07) is 23.1. The molecule has 0 spiro atoms. The molecule has 3 atom stereocenters. The number of aryl methyl sites for hydroxylation is 3. The van der Waals surface area contributed by atoms with Crippen LogP contribution < -0.4 is 14.2 Å². The number of ether oxygens (including phenoxy) is 1. The summed E-state index contributed by atoms with van der Waals surface area (Å²) in [5.41, 5.74) is 7.92. The van der Waals surface area contributed by atoms with Crippen LogP contribution in [0.1, 0.15) is 67.1 Å². The van der Waals surface area contributed by atoms with Crippen molar-refractivity contribution in [2.24, 2.45) is 0 Å². The third-order valence-corrected chi connectivity index (χ3v) is 12.3. The van der Waals surface area contributed by atoms with E-state index < -0.39 is 15.4 Å². The molecule has 0 radical (unpaired) electrons. The molecule has 4 aromatic rings. The Morgan fingerprint density at radius 2 is 1.80 bits per heavy atom. The minimum atomic E-state index is -4.16. The summed E-state index contributed by atoms with van der Waals surface area (Å²) in [4.78, 5) is 2.02. The van der Waals surface area contributed by atoms with E-state index in [1.807, 2.05) is 43.0 Å². The van der Waals surface area contributed by atoms with E-state index in [4.69, 9.17) is 14.3 Å². The first-order valence-electron chi connectivity index (χ1n) is 16.7. The summed E-state index contributed by atoms with van der Waals surface area (Å²) in [6.07, 6.45) is 9.37. The highest BCUT2D eigenvalue weighted by Crippen LogP contribution is 2.43. The minimum absolute atomic E-state index is 0.0913. The van der Waals surface area contributed by atoms with Crippen LogP contribution in [-0.2, 0) is 26.0 Å². The van der Waals surface area contributed by atoms with Crippen molar-refractivity contribution in [3.8, 4) is 5.75 Å². The molecule has 12 heteroatoms. The van der Waals surface area contributed by atoms with Crippen molar-refractivity contribution in [1.82, 2.24) is 0 Å². The quantitative estimate of drug-likeness (QED) is 0.0457. The van der Waals surface area contributed by atoms with Crippen molar-refractivity contribution >= 4 is 55.5 Å². The van der Waals surface area contributed by atoms with Gasteiger partial charge in [-0.1, -0.05) is 71.8 Å². The highest BCUT2D eigenvalue weighted by molar-refractivity contribution is 7.95. The monoisotopic (exact) mass is 735 g/mol. The second-order valence-electron chi connectivity index (χ2n) is 13.2. The van der Waals surface area contributed by atoms with Gasteiger partial charge in [0.25, 0.3) is 15.1 Å². The van der Waals surface area contributed by atoms with Gasteiger partial charge in [-0.05, 0) is 92.0 Å². The maximum Gasteiger partial charge on any atom is 0.267 e. The largest absolute Gasteiger partial charge is 0.439 e. The first kappa shape index (κ1) is 36.3. The number of aromatic nitrogens is 1. The van der Waals surface area contributed by atoms with E-state index in [2.05, 4.69) is 77.2 Å². The fourth-order valence-corrected chi connectivity index (χ4v) is 8.52. The fraction of sp³-hybridized carbons (Fsp3) is 0.342. The van der Waals surface area contributed by atoms with Gasteiger partial charge in [0, 0.05) is 48.5 Å². The summed E-state index contributed by atoms with van der Waals surface area (Å²) in [5.74, 6) is 1.61. The van der Waals surface area contributed by atoms with Crippen molar-refractivity contribution < 1.29 is 36.9 Å². The Labute approximate surface area is 302 Å². The summed E-state index contributed by atoms with van der Waals surface area (Å²) >= 11 is 2.87. The Kier molecular flexibility index (Phi) is 11.5. The molecule has 3 aromatic carbocycles. The van der Waals surface area contributed by atoms with E-state index in [0.29, 0.717) is 12.4 Å². The topological polar surface area (TPSA) is 109 Å². The standard InChI is InChI=1S/C38H42N2O7S3/c1-25-11-13-35-34(18-25)39(17-15-28(4)50(42,43)44)37(45-35)23-29-20-30(22-32(21-29)31-8-6-5-7-9-31)24-38-40(16-14-27(3)49-47-46-41)33-12-10-26(2)19-36(33)48-38/h5-13,18-20,23-24,27-28,32H,14-17,21-22H2,1-4H3,(H-,41,42,43,44)/p+1. The maximum absolute atomic E-state index is 11.9. The van der Waals surface area contributed by atoms with Crippen LogP contribution in [-0.4, -0.2) is 35.3 Å². The summed E-state index contributed by atoms with van der Waals surface area (Å²) < 4.78 is 48.1. The molecule has 1 aromatic heterocycles. The molecular formula is C38H43N2O7S3+. The summed E-state index contributed by atoms with van der Waals surface area (Å²) in [6.45, 7) is 8.82. The third-order valence-electron chi connectivity index (χ3n) is 9.26. The molecule has 2 N–H and O–H groups in total. The lowest BCUT2D eigenvalue weighted by atomic mass is 9.81. The van der Waals surface area contributed by atoms with Crippen LogP contribution in [0, 0.1) is 13.8 Å². The van der Waals surface area contributed by atoms with Crippen molar-refractivity contribution in [2.45, 2.75) is 76.3 Å². The van der Waals surface area contributed by atoms with Gasteiger partial charge in [0.15, 0.2) is 12.3 Å². The molecule has 9 nitrogen and oxygen atoms in total. The molecule has 0 saturated heterocycles. The van der Waals surface area contributed by atoms with Crippen LogP contribution in [0.15, 0.2) is 95.9 Å². The van der Waals surface area contributed by atoms with Crippen molar-refractivity contribution in [2.75, 3.05) is 11.4 Å². The van der Waals surface area contributed by atoms with Crippen molar-refractivity contribution in [3.05, 3.63) is 118 Å². The first-order valence-corrected chi connectivity index (χ1v) is 19.9. The molecular weight excluding hydrogens is 693 g/mol. The Bertz CT molecular complexity index is 2040. The zero-order valence-corrected chi connectivity index (χ0v) is 31.1. The Morgan fingerprint density at radius 3 is 2.56 bits per heavy atom. The van der Waals surface area contributed by atoms with Gasteiger partial charge in [0.2, 0.25) is 11.4 Å². The highest BCUT2D eigenvalue weighted by atomic mass is 32.2. The number of hydrogen-bond acceptors (Lipinski definition) is 9. The predicted octanol–water partition coefficient (Wildman–Crippen LogP) is 8.95. The van der Waals surface area contributed by atoms with Crippen LogP contribution in [0.2, 0.25) is 0 Å². The third kappa shape index (κ3) is 8.68. The number of thiazole rings is 1. The lowest BCUT2D eigenvalue weighted by molar-refractivity contribution is -0.669. The second kappa shape index (κ2) is 15.8. The van der Waals surface area contributed by atoms with Gasteiger partial charge in [0.1, 0.15) is 4.70 Å². The zero-order valence-electron chi connectivity index (χ0n) is 28.6. The van der Waals surface area contributed by atoms with Crippen molar-refractivity contribution in [3.63, 3.8) is 0 Å². The second-order valence-corrected chi connectivity index (χ2v) is 17.2. The van der Waals surface area contributed by atoms with E-state index in [-0.39, 0.29) is 17.6 Å². The van der Waals surface area contributed by atoms with Gasteiger partial charge in [-0.2, -0.15) is 13.0 Å². The molecule has 6 rings (SSSR count). The molecule has 50 heavy (non-hydrogen) atoms. The average Bonchev–Trinajstić information content (AvgIpc) is 3.60. The van der Waals surface area contributed by atoms with Gasteiger partial charge in [-0.3, -0.25) is 4.55 Å². The number of hydrogen-bond donors (Lipinski definition) is 2. The summed E-state index contributed by atoms with van der Waals surface area (Å²) in [7, 11) is -4.16. The molecule has 0 bridgehead atoms. The molecule has 0 amide bonds. The van der Waals surface area contributed by atoms with Crippen LogP contribution >= 0.6 is 23.4 Å². The van der Waals surface area contributed by atoms with Gasteiger partial charge >= 0.3 is 0 Å². The van der Waals surface area contributed by atoms with E-state index in [0.717, 1.165) is 65.4 Å². The molecule has 2 heterocycles. The SMILES string of the molecule is Cc1ccc2c(c1)N(CCC(C)S(=O)(=O)O)/C(=C/C1=CC(=C/c3sc4cc(C)ccc4[n+]3CCC(C)SOOO)/CC(c3ccccc3)C1)O2. The van der Waals surface area contributed by atoms with Crippen molar-refractivity contribution in [1.29, 1.82) is 0 Å². The number of fused-ring (bicyclic) bond motifs is 2. The Balaban J connectivity index is 1.39. The molecule has 2 aliphatic rings. The van der Waals surface area contributed by atoms with Gasteiger partial charge < -0.3 is 9.64 Å². The zero-order chi connectivity index (χ0) is 35.4. The smallest absolute Gasteiger partial charge is 0.267 e. The van der Waals surface area contributed by atoms with E-state index >= 15 is 0 Å². The van der Waals surface area contributed by atoms with Gasteiger partial charge in [-0.15, -0.1) is 4.33 Å². The van der Waals surface area contributed by atoms with Crippen LogP contribution in [0.4, 0.5) is 5.69 Å². The lowest BCUT2D eigenvalue weighted by Crippen LogP contribution is -2.36. The van der Waals surface area contributed by atoms with Crippen LogP contribution in [0.3, 0.4) is 0 Å². The fourth-order valence-electron chi connectivity index (χ4n) is 6.48. The Hall–Kier alpha value is -3.49. The molecule has 1 aliphatic carbocycles.